The average Bonchev–Trinajstić information content (AvgIpc) is 2.76. The van der Waals surface area contributed by atoms with Crippen LogP contribution in [0.15, 0.2) is 18.5 Å². The number of aliphatic hydroxyl groups is 1. The molecule has 0 radical (unpaired) electrons. The van der Waals surface area contributed by atoms with E-state index in [9.17, 15) is 0 Å². The summed E-state index contributed by atoms with van der Waals surface area (Å²) in [6.07, 6.45) is 2.32. The standard InChI is InChI=1S/C13H20N4O/c1-10(2)16(5-4-6-18)13-8-11(3)7-12-14-9-15-17(12)13/h7-10,18H,4-6H2,1-3H3. The minimum absolute atomic E-state index is 0.204. The van der Waals surface area contributed by atoms with E-state index in [0.717, 1.165) is 24.4 Å². The second-order valence-corrected chi connectivity index (χ2v) is 4.79. The summed E-state index contributed by atoms with van der Waals surface area (Å²) in [4.78, 5) is 6.48. The quantitative estimate of drug-likeness (QED) is 0.874. The molecule has 0 aliphatic heterocycles. The molecule has 0 amide bonds. The van der Waals surface area contributed by atoms with Gasteiger partial charge in [0.2, 0.25) is 0 Å². The highest BCUT2D eigenvalue weighted by Gasteiger charge is 2.14. The average molecular weight is 248 g/mol. The van der Waals surface area contributed by atoms with Crippen molar-refractivity contribution in [2.24, 2.45) is 0 Å². The summed E-state index contributed by atoms with van der Waals surface area (Å²) in [7, 11) is 0. The minimum Gasteiger partial charge on any atom is -0.396 e. The highest BCUT2D eigenvalue weighted by Crippen LogP contribution is 2.20. The molecule has 2 rings (SSSR count). The Labute approximate surface area is 107 Å². The van der Waals surface area contributed by atoms with Crippen molar-refractivity contribution in [2.75, 3.05) is 18.1 Å². The number of hydrogen-bond donors (Lipinski definition) is 1. The van der Waals surface area contributed by atoms with Crippen molar-refractivity contribution >= 4 is 11.5 Å². The summed E-state index contributed by atoms with van der Waals surface area (Å²) in [6.45, 7) is 7.36. The molecule has 0 saturated carbocycles. The third kappa shape index (κ3) is 2.46. The summed E-state index contributed by atoms with van der Waals surface area (Å²) in [5.74, 6) is 1.03. The van der Waals surface area contributed by atoms with Crippen molar-refractivity contribution < 1.29 is 5.11 Å². The molecule has 2 aromatic rings. The van der Waals surface area contributed by atoms with E-state index in [4.69, 9.17) is 5.11 Å². The van der Waals surface area contributed by atoms with Gasteiger partial charge in [-0.05, 0) is 44.9 Å². The third-order valence-corrected chi connectivity index (χ3v) is 2.98. The molecular weight excluding hydrogens is 228 g/mol. The van der Waals surface area contributed by atoms with Crippen molar-refractivity contribution in [2.45, 2.75) is 33.2 Å². The number of aromatic nitrogens is 3. The minimum atomic E-state index is 0.204. The fourth-order valence-corrected chi connectivity index (χ4v) is 2.12. The van der Waals surface area contributed by atoms with Gasteiger partial charge in [0.05, 0.1) is 0 Å². The first-order valence-corrected chi connectivity index (χ1v) is 6.31. The lowest BCUT2D eigenvalue weighted by Gasteiger charge is -2.29. The van der Waals surface area contributed by atoms with Gasteiger partial charge in [0.1, 0.15) is 12.1 Å². The zero-order valence-electron chi connectivity index (χ0n) is 11.2. The van der Waals surface area contributed by atoms with Crippen molar-refractivity contribution in [3.63, 3.8) is 0 Å². The molecule has 0 fully saturated rings. The Morgan fingerprint density at radius 3 is 2.83 bits per heavy atom. The molecule has 2 heterocycles. The van der Waals surface area contributed by atoms with Crippen LogP contribution in [-0.2, 0) is 0 Å². The number of aliphatic hydroxyl groups excluding tert-OH is 1. The lowest BCUT2D eigenvalue weighted by Crippen LogP contribution is -2.34. The van der Waals surface area contributed by atoms with Crippen LogP contribution in [0, 0.1) is 6.92 Å². The molecule has 0 aliphatic carbocycles. The van der Waals surface area contributed by atoms with Crippen LogP contribution in [0.4, 0.5) is 5.82 Å². The van der Waals surface area contributed by atoms with E-state index in [2.05, 4.69) is 41.8 Å². The number of hydrogen-bond acceptors (Lipinski definition) is 4. The van der Waals surface area contributed by atoms with Crippen molar-refractivity contribution in [3.05, 3.63) is 24.0 Å². The van der Waals surface area contributed by atoms with Crippen LogP contribution >= 0.6 is 0 Å². The Bertz CT molecular complexity index is 521. The fourth-order valence-electron chi connectivity index (χ4n) is 2.12. The lowest BCUT2D eigenvalue weighted by molar-refractivity contribution is 0.288. The van der Waals surface area contributed by atoms with Crippen LogP contribution < -0.4 is 4.90 Å². The molecule has 5 heteroatoms. The Morgan fingerprint density at radius 1 is 1.39 bits per heavy atom. The predicted molar refractivity (Wildman–Crippen MR) is 71.9 cm³/mol. The molecule has 1 N–H and O–H groups in total. The van der Waals surface area contributed by atoms with Crippen LogP contribution in [0.3, 0.4) is 0 Å². The van der Waals surface area contributed by atoms with Crippen LogP contribution in [0.25, 0.3) is 5.65 Å². The summed E-state index contributed by atoms with van der Waals surface area (Å²) >= 11 is 0. The molecule has 2 aromatic heterocycles. The first-order valence-electron chi connectivity index (χ1n) is 6.31. The Hall–Kier alpha value is -1.62. The van der Waals surface area contributed by atoms with Gasteiger partial charge >= 0.3 is 0 Å². The molecule has 0 spiro atoms. The predicted octanol–water partition coefficient (Wildman–Crippen LogP) is 1.63. The van der Waals surface area contributed by atoms with Gasteiger partial charge in [-0.3, -0.25) is 0 Å². The van der Waals surface area contributed by atoms with Crippen LogP contribution in [0.1, 0.15) is 25.8 Å². The molecule has 0 aliphatic rings. The van der Waals surface area contributed by atoms with E-state index < -0.39 is 0 Å². The number of fused-ring (bicyclic) bond motifs is 1. The molecule has 0 saturated heterocycles. The highest BCUT2D eigenvalue weighted by atomic mass is 16.3. The maximum absolute atomic E-state index is 9.01. The summed E-state index contributed by atoms with van der Waals surface area (Å²) in [6, 6.07) is 4.48. The molecular formula is C13H20N4O. The number of aryl methyl sites for hydroxylation is 1. The monoisotopic (exact) mass is 248 g/mol. The lowest BCUT2D eigenvalue weighted by atomic mass is 10.2. The van der Waals surface area contributed by atoms with Gasteiger partial charge in [0.25, 0.3) is 0 Å². The van der Waals surface area contributed by atoms with Crippen LogP contribution in [-0.4, -0.2) is 38.9 Å². The first kappa shape index (κ1) is 12.8. The largest absolute Gasteiger partial charge is 0.396 e. The Morgan fingerprint density at radius 2 is 2.17 bits per heavy atom. The van der Waals surface area contributed by atoms with Gasteiger partial charge in [-0.15, -0.1) is 0 Å². The van der Waals surface area contributed by atoms with E-state index >= 15 is 0 Å². The van der Waals surface area contributed by atoms with Crippen LogP contribution in [0.5, 0.6) is 0 Å². The summed E-state index contributed by atoms with van der Waals surface area (Å²) in [5.41, 5.74) is 2.03. The number of anilines is 1. The molecule has 5 nitrogen and oxygen atoms in total. The van der Waals surface area contributed by atoms with E-state index in [0.29, 0.717) is 6.04 Å². The van der Waals surface area contributed by atoms with E-state index in [1.807, 2.05) is 10.6 Å². The second-order valence-electron chi connectivity index (χ2n) is 4.79. The molecule has 0 unspecified atom stereocenters. The third-order valence-electron chi connectivity index (χ3n) is 2.98. The van der Waals surface area contributed by atoms with Crippen molar-refractivity contribution in [3.8, 4) is 0 Å². The number of rotatable bonds is 5. The maximum atomic E-state index is 9.01. The normalized spacial score (nSPS) is 11.4. The molecule has 0 aromatic carbocycles. The zero-order chi connectivity index (χ0) is 13.1. The van der Waals surface area contributed by atoms with E-state index in [1.54, 1.807) is 6.33 Å². The molecule has 98 valence electrons. The van der Waals surface area contributed by atoms with Crippen molar-refractivity contribution in [1.29, 1.82) is 0 Å². The number of pyridine rings is 1. The van der Waals surface area contributed by atoms with Crippen molar-refractivity contribution in [1.82, 2.24) is 14.6 Å². The SMILES string of the molecule is Cc1cc(N(CCCO)C(C)C)n2ncnc2c1. The van der Waals surface area contributed by atoms with Gasteiger partial charge in [-0.1, -0.05) is 0 Å². The Balaban J connectivity index is 2.45. The Kier molecular flexibility index (Phi) is 3.81. The highest BCUT2D eigenvalue weighted by molar-refractivity contribution is 5.53. The summed E-state index contributed by atoms with van der Waals surface area (Å²) < 4.78 is 1.85. The molecule has 0 atom stereocenters. The first-order chi connectivity index (χ1) is 8.63. The van der Waals surface area contributed by atoms with Gasteiger partial charge < -0.3 is 10.0 Å². The topological polar surface area (TPSA) is 53.7 Å². The molecule has 0 bridgehead atoms. The smallest absolute Gasteiger partial charge is 0.157 e. The summed E-state index contributed by atoms with van der Waals surface area (Å²) in [5, 5.41) is 13.3. The van der Waals surface area contributed by atoms with Gasteiger partial charge in [-0.25, -0.2) is 4.98 Å². The van der Waals surface area contributed by atoms with E-state index in [1.165, 1.54) is 5.56 Å². The fraction of sp³-hybridized carbons (Fsp3) is 0.538. The second kappa shape index (κ2) is 5.35. The maximum Gasteiger partial charge on any atom is 0.157 e. The molecule has 18 heavy (non-hydrogen) atoms. The zero-order valence-corrected chi connectivity index (χ0v) is 11.2. The van der Waals surface area contributed by atoms with Gasteiger partial charge in [-0.2, -0.15) is 9.61 Å². The number of nitrogens with zero attached hydrogens (tertiary/aromatic N) is 4. The van der Waals surface area contributed by atoms with Gasteiger partial charge in [0, 0.05) is 19.2 Å². The van der Waals surface area contributed by atoms with E-state index in [-0.39, 0.29) is 6.61 Å². The van der Waals surface area contributed by atoms with Crippen LogP contribution in [0.2, 0.25) is 0 Å². The van der Waals surface area contributed by atoms with Gasteiger partial charge in [0.15, 0.2) is 5.65 Å².